The fourth-order valence-corrected chi connectivity index (χ4v) is 6.76. The number of aryl methyl sites for hydroxylation is 1. The van der Waals surface area contributed by atoms with E-state index in [0.717, 1.165) is 0 Å². The summed E-state index contributed by atoms with van der Waals surface area (Å²) in [6.07, 6.45) is 0. The maximum Gasteiger partial charge on any atom is 0.280 e. The number of hydrogen-bond acceptors (Lipinski definition) is 6. The summed E-state index contributed by atoms with van der Waals surface area (Å²) in [6, 6.07) is 23.4. The molecule has 9 heteroatoms. The van der Waals surface area contributed by atoms with Crippen molar-refractivity contribution in [2.75, 3.05) is 3.71 Å². The van der Waals surface area contributed by atoms with Gasteiger partial charge in [-0.2, -0.15) is 16.8 Å². The normalized spacial score (nSPS) is 11.9. The molecule has 0 radical (unpaired) electrons. The van der Waals surface area contributed by atoms with Crippen LogP contribution in [-0.4, -0.2) is 22.0 Å². The van der Waals surface area contributed by atoms with Crippen LogP contribution in [0.5, 0.6) is 0 Å². The quantitative estimate of drug-likeness (QED) is 0.432. The van der Waals surface area contributed by atoms with Crippen LogP contribution in [-0.2, 0) is 20.0 Å². The molecule has 0 aliphatic carbocycles. The lowest BCUT2D eigenvalue weighted by Crippen LogP contribution is -2.37. The Kier molecular flexibility index (Phi) is 5.38. The van der Waals surface area contributed by atoms with E-state index in [4.69, 9.17) is 4.52 Å². The summed E-state index contributed by atoms with van der Waals surface area (Å²) in [5, 5.41) is 3.88. The van der Waals surface area contributed by atoms with E-state index in [-0.39, 0.29) is 15.4 Å². The van der Waals surface area contributed by atoms with Gasteiger partial charge in [-0.1, -0.05) is 71.9 Å². The summed E-state index contributed by atoms with van der Waals surface area (Å²) in [5.41, 5.74) is 1.21. The molecule has 0 fully saturated rings. The zero-order chi connectivity index (χ0) is 22.1. The smallest absolute Gasteiger partial charge is 0.280 e. The first-order valence-electron chi connectivity index (χ1n) is 9.26. The molecule has 0 bridgehead atoms. The highest BCUT2D eigenvalue weighted by Crippen LogP contribution is 2.39. The number of benzene rings is 3. The van der Waals surface area contributed by atoms with Gasteiger partial charge in [-0.25, -0.2) is 0 Å². The van der Waals surface area contributed by atoms with E-state index in [1.807, 2.05) is 0 Å². The third kappa shape index (κ3) is 3.73. The Balaban J connectivity index is 2.03. The van der Waals surface area contributed by atoms with Crippen LogP contribution in [0.4, 0.5) is 5.88 Å². The number of rotatable bonds is 6. The summed E-state index contributed by atoms with van der Waals surface area (Å²) in [4.78, 5) is -0.384. The van der Waals surface area contributed by atoms with Crippen LogP contribution in [0, 0.1) is 6.92 Å². The van der Waals surface area contributed by atoms with Crippen LogP contribution in [0.2, 0.25) is 0 Å². The van der Waals surface area contributed by atoms with Crippen molar-refractivity contribution < 1.29 is 21.4 Å². The Morgan fingerprint density at radius 3 is 1.55 bits per heavy atom. The van der Waals surface area contributed by atoms with Crippen molar-refractivity contribution in [1.82, 2.24) is 5.16 Å². The summed E-state index contributed by atoms with van der Waals surface area (Å²) in [6.45, 7) is 1.62. The fraction of sp³-hybridized carbons (Fsp3) is 0.0455. The molecule has 0 aliphatic heterocycles. The highest BCUT2D eigenvalue weighted by molar-refractivity contribution is 8.10. The van der Waals surface area contributed by atoms with E-state index in [0.29, 0.717) is 15.0 Å². The van der Waals surface area contributed by atoms with Crippen LogP contribution in [0.25, 0.3) is 11.1 Å². The third-order valence-electron chi connectivity index (χ3n) is 4.59. The van der Waals surface area contributed by atoms with Crippen LogP contribution < -0.4 is 3.71 Å². The average Bonchev–Trinajstić information content (AvgIpc) is 3.15. The first-order valence-corrected chi connectivity index (χ1v) is 12.1. The maximum absolute atomic E-state index is 13.6. The van der Waals surface area contributed by atoms with Gasteiger partial charge in [0.2, 0.25) is 0 Å². The third-order valence-corrected chi connectivity index (χ3v) is 8.71. The first kappa shape index (κ1) is 20.8. The molecule has 1 aromatic heterocycles. The molecule has 0 amide bonds. The average molecular weight is 455 g/mol. The van der Waals surface area contributed by atoms with E-state index in [1.165, 1.54) is 48.5 Å². The van der Waals surface area contributed by atoms with Crippen LogP contribution in [0.1, 0.15) is 5.69 Å². The monoisotopic (exact) mass is 454 g/mol. The number of sulfonamides is 2. The summed E-state index contributed by atoms with van der Waals surface area (Å²) in [5.74, 6) is -0.392. The van der Waals surface area contributed by atoms with E-state index >= 15 is 0 Å². The highest BCUT2D eigenvalue weighted by Gasteiger charge is 2.41. The minimum atomic E-state index is -4.57. The van der Waals surface area contributed by atoms with Gasteiger partial charge in [-0.3, -0.25) is 0 Å². The molecule has 0 saturated heterocycles. The number of anilines is 1. The van der Waals surface area contributed by atoms with Crippen molar-refractivity contribution in [1.29, 1.82) is 0 Å². The van der Waals surface area contributed by atoms with Gasteiger partial charge in [-0.15, -0.1) is 3.71 Å². The molecule has 1 heterocycles. The van der Waals surface area contributed by atoms with Crippen molar-refractivity contribution in [3.8, 4) is 11.1 Å². The molecule has 0 unspecified atom stereocenters. The molecule has 4 rings (SSSR count). The minimum absolute atomic E-state index is 0.192. The molecule has 0 aliphatic rings. The predicted octanol–water partition coefficient (Wildman–Crippen LogP) is 4.23. The van der Waals surface area contributed by atoms with Crippen molar-refractivity contribution in [3.63, 3.8) is 0 Å². The van der Waals surface area contributed by atoms with Gasteiger partial charge in [-0.05, 0) is 36.8 Å². The lowest BCUT2D eigenvalue weighted by molar-refractivity contribution is 0.425. The number of nitrogens with zero attached hydrogens (tertiary/aromatic N) is 2. The second kappa shape index (κ2) is 8.01. The Morgan fingerprint density at radius 2 is 1.10 bits per heavy atom. The Hall–Kier alpha value is -3.43. The second-order valence-corrected chi connectivity index (χ2v) is 10.5. The van der Waals surface area contributed by atoms with E-state index in [1.54, 1.807) is 49.4 Å². The molecular weight excluding hydrogens is 436 g/mol. The van der Waals surface area contributed by atoms with Gasteiger partial charge < -0.3 is 4.52 Å². The molecule has 0 saturated carbocycles. The molecule has 0 atom stereocenters. The summed E-state index contributed by atoms with van der Waals surface area (Å²) >= 11 is 0. The highest BCUT2D eigenvalue weighted by atomic mass is 32.3. The zero-order valence-corrected chi connectivity index (χ0v) is 18.0. The van der Waals surface area contributed by atoms with Gasteiger partial charge in [0.25, 0.3) is 25.9 Å². The second-order valence-electron chi connectivity index (χ2n) is 6.65. The predicted molar refractivity (Wildman–Crippen MR) is 116 cm³/mol. The van der Waals surface area contributed by atoms with E-state index in [9.17, 15) is 16.8 Å². The maximum atomic E-state index is 13.6. The van der Waals surface area contributed by atoms with Crippen molar-refractivity contribution in [2.45, 2.75) is 16.7 Å². The van der Waals surface area contributed by atoms with Gasteiger partial charge in [0.15, 0.2) is 0 Å². The lowest BCUT2D eigenvalue weighted by Gasteiger charge is -2.22. The topological polar surface area (TPSA) is 97.6 Å². The van der Waals surface area contributed by atoms with Gasteiger partial charge in [0.1, 0.15) is 0 Å². The molecule has 0 spiro atoms. The van der Waals surface area contributed by atoms with E-state index in [2.05, 4.69) is 5.16 Å². The Bertz CT molecular complexity index is 1330. The molecule has 4 aromatic rings. The van der Waals surface area contributed by atoms with Crippen molar-refractivity contribution in [2.24, 2.45) is 0 Å². The minimum Gasteiger partial charge on any atom is -0.336 e. The number of aromatic nitrogens is 1. The molecule has 7 nitrogen and oxygen atoms in total. The SMILES string of the molecule is Cc1noc(N(S(=O)(=O)c2ccccc2)S(=O)(=O)c2ccccc2)c1-c1ccccc1. The van der Waals surface area contributed by atoms with E-state index < -0.39 is 25.9 Å². The summed E-state index contributed by atoms with van der Waals surface area (Å²) in [7, 11) is -9.13. The summed E-state index contributed by atoms with van der Waals surface area (Å²) < 4.78 is 60.1. The Morgan fingerprint density at radius 1 is 0.677 bits per heavy atom. The largest absolute Gasteiger partial charge is 0.336 e. The van der Waals surface area contributed by atoms with Gasteiger partial charge in [0.05, 0.1) is 21.0 Å². The van der Waals surface area contributed by atoms with Crippen molar-refractivity contribution in [3.05, 3.63) is 96.7 Å². The van der Waals surface area contributed by atoms with Crippen LogP contribution in [0.3, 0.4) is 0 Å². The molecule has 0 N–H and O–H groups in total. The Labute approximate surface area is 180 Å². The number of hydrogen-bond donors (Lipinski definition) is 0. The van der Waals surface area contributed by atoms with Crippen LogP contribution in [0.15, 0.2) is 105 Å². The molecular formula is C22H18N2O5S2. The van der Waals surface area contributed by atoms with Gasteiger partial charge >= 0.3 is 0 Å². The molecule has 158 valence electrons. The van der Waals surface area contributed by atoms with Gasteiger partial charge in [0, 0.05) is 0 Å². The standard InChI is InChI=1S/C22H18N2O5S2/c1-17-21(18-11-5-2-6-12-18)22(29-23-17)24(30(25,26)19-13-7-3-8-14-19)31(27,28)20-15-9-4-10-16-20/h2-16H,1H3. The molecule has 3 aromatic carbocycles. The van der Waals surface area contributed by atoms with Crippen molar-refractivity contribution >= 4 is 25.9 Å². The zero-order valence-electron chi connectivity index (χ0n) is 16.4. The first-order chi connectivity index (χ1) is 14.8. The van der Waals surface area contributed by atoms with Crippen LogP contribution >= 0.6 is 0 Å². The molecule has 31 heavy (non-hydrogen) atoms. The lowest BCUT2D eigenvalue weighted by atomic mass is 10.1. The fourth-order valence-electron chi connectivity index (χ4n) is 3.14.